The zero-order valence-electron chi connectivity index (χ0n) is 20.5. The highest BCUT2D eigenvalue weighted by Crippen LogP contribution is 2.51. The number of carbonyl (C=O) groups excluding carboxylic acids is 1. The Labute approximate surface area is 207 Å². The van der Waals surface area contributed by atoms with Gasteiger partial charge < -0.3 is 24.8 Å². The van der Waals surface area contributed by atoms with Crippen LogP contribution in [-0.2, 0) is 23.4 Å². The average molecular weight is 525 g/mol. The average Bonchev–Trinajstić information content (AvgIpc) is 3.01. The molecule has 198 valence electrons. The quantitative estimate of drug-likeness (QED) is 0.304. The van der Waals surface area contributed by atoms with Crippen LogP contribution in [0.1, 0.15) is 33.9 Å². The van der Waals surface area contributed by atoms with Crippen molar-refractivity contribution in [1.82, 2.24) is 9.55 Å². The van der Waals surface area contributed by atoms with Crippen LogP contribution < -0.4 is 21.5 Å². The van der Waals surface area contributed by atoms with E-state index in [0.29, 0.717) is 0 Å². The number of benzene rings is 1. The van der Waals surface area contributed by atoms with E-state index < -0.39 is 61.3 Å². The molecule has 0 amide bonds. The summed E-state index contributed by atoms with van der Waals surface area (Å²) in [6, 6.07) is 9.42. The second kappa shape index (κ2) is 11.1. The molecule has 3 rings (SSSR count). The van der Waals surface area contributed by atoms with Crippen LogP contribution in [0.3, 0.4) is 0 Å². The van der Waals surface area contributed by atoms with Gasteiger partial charge in [-0.25, -0.2) is 9.36 Å². The molecule has 1 aromatic heterocycles. The van der Waals surface area contributed by atoms with Gasteiger partial charge in [-0.05, 0) is 32.9 Å². The Morgan fingerprint density at radius 3 is 2.53 bits per heavy atom. The van der Waals surface area contributed by atoms with Crippen molar-refractivity contribution in [3.8, 4) is 5.75 Å². The van der Waals surface area contributed by atoms with Crippen molar-refractivity contribution in [2.24, 2.45) is 11.7 Å². The number of ether oxygens (including phenoxy) is 2. The number of carbonyl (C=O) groups is 1. The van der Waals surface area contributed by atoms with Crippen LogP contribution in [0.15, 0.2) is 52.2 Å². The van der Waals surface area contributed by atoms with E-state index in [1.165, 1.54) is 13.1 Å². The van der Waals surface area contributed by atoms with Gasteiger partial charge in [-0.15, -0.1) is 0 Å². The smallest absolute Gasteiger partial charge is 0.380 e. The molecule has 0 radical (unpaired) electrons. The maximum absolute atomic E-state index is 13.7. The predicted octanol–water partition coefficient (Wildman–Crippen LogP) is 1.39. The molecule has 1 fully saturated rings. The lowest BCUT2D eigenvalue weighted by molar-refractivity contribution is -0.151. The molecule has 0 spiro atoms. The minimum Gasteiger partial charge on any atom is -0.463 e. The van der Waals surface area contributed by atoms with Crippen molar-refractivity contribution in [1.29, 1.82) is 0 Å². The zero-order valence-corrected chi connectivity index (χ0v) is 21.4. The van der Waals surface area contributed by atoms with Crippen LogP contribution in [0.25, 0.3) is 0 Å². The fourth-order valence-corrected chi connectivity index (χ4v) is 5.61. The van der Waals surface area contributed by atoms with Gasteiger partial charge in [-0.3, -0.25) is 23.7 Å². The van der Waals surface area contributed by atoms with E-state index in [9.17, 15) is 24.1 Å². The number of nitrogens with one attached hydrogen (secondary N) is 1. The summed E-state index contributed by atoms with van der Waals surface area (Å²) >= 11 is 0. The third-order valence-electron chi connectivity index (χ3n) is 5.60. The van der Waals surface area contributed by atoms with Gasteiger partial charge in [0.15, 0.2) is 6.23 Å². The Kier molecular flexibility index (Phi) is 8.58. The number of aromatic nitrogens is 2. The van der Waals surface area contributed by atoms with Crippen molar-refractivity contribution in [3.63, 3.8) is 0 Å². The third kappa shape index (κ3) is 6.51. The lowest BCUT2D eigenvalue weighted by Crippen LogP contribution is -2.53. The maximum atomic E-state index is 13.7. The zero-order chi connectivity index (χ0) is 26.7. The van der Waals surface area contributed by atoms with E-state index in [2.05, 4.69) is 4.98 Å². The number of rotatable bonds is 10. The highest BCUT2D eigenvalue weighted by atomic mass is 31.2. The summed E-state index contributed by atoms with van der Waals surface area (Å²) in [7, 11) is -3.97. The van der Waals surface area contributed by atoms with Crippen LogP contribution in [0.4, 0.5) is 0 Å². The van der Waals surface area contributed by atoms with Crippen LogP contribution in [0.5, 0.6) is 5.75 Å². The number of hydrogen-bond acceptors (Lipinski definition) is 10. The van der Waals surface area contributed by atoms with Crippen LogP contribution >= 0.6 is 7.60 Å². The van der Waals surface area contributed by atoms with E-state index in [1.807, 2.05) is 0 Å². The van der Waals surface area contributed by atoms with Gasteiger partial charge in [0, 0.05) is 12.3 Å². The van der Waals surface area contributed by atoms with Gasteiger partial charge >= 0.3 is 19.3 Å². The summed E-state index contributed by atoms with van der Waals surface area (Å²) in [5.74, 6) is -1.11. The van der Waals surface area contributed by atoms with Crippen molar-refractivity contribution in [2.45, 2.75) is 57.8 Å². The second-order valence-corrected chi connectivity index (χ2v) is 11.3. The van der Waals surface area contributed by atoms with E-state index in [4.69, 9.17) is 24.3 Å². The topological polar surface area (TPSA) is 172 Å². The van der Waals surface area contributed by atoms with Crippen molar-refractivity contribution in [2.75, 3.05) is 12.8 Å². The van der Waals surface area contributed by atoms with E-state index in [1.54, 1.807) is 51.1 Å². The lowest BCUT2D eigenvalue weighted by Gasteiger charge is -2.28. The standard InChI is InChI=1S/C23H32N3O9P/c1-14(2)33-20(29)15(3)13-36(31,35-16-8-6-5-7-9-16)32-12-17-19(28)23(4,24)21(34-17)26-11-10-18(27)25-22(26)30/h5-11,14-15,17,19,21,28H,12-13,24H2,1-4H3,(H,25,27,30)/t15-,17-,19-,21-,23-,36?/m1/s1. The van der Waals surface area contributed by atoms with Gasteiger partial charge in [-0.2, -0.15) is 0 Å². The van der Waals surface area contributed by atoms with Gasteiger partial charge in [0.25, 0.3) is 5.56 Å². The molecular weight excluding hydrogens is 493 g/mol. The number of aromatic amines is 1. The van der Waals surface area contributed by atoms with Gasteiger partial charge in [0.05, 0.1) is 30.3 Å². The molecule has 12 nitrogen and oxygen atoms in total. The number of esters is 1. The molecule has 6 atom stereocenters. The molecule has 2 aromatic rings. The number of nitrogens with zero attached hydrogens (tertiary/aromatic N) is 1. The Hall–Kier alpha value is -2.76. The minimum atomic E-state index is -3.97. The molecule has 0 bridgehead atoms. The summed E-state index contributed by atoms with van der Waals surface area (Å²) in [4.78, 5) is 38.1. The number of nitrogens with two attached hydrogens (primary N) is 1. The Morgan fingerprint density at radius 2 is 1.92 bits per heavy atom. The molecule has 1 aliphatic rings. The number of para-hydroxylation sites is 1. The Bertz CT molecular complexity index is 1210. The first kappa shape index (κ1) is 27.8. The van der Waals surface area contributed by atoms with Crippen LogP contribution in [0.2, 0.25) is 0 Å². The SMILES string of the molecule is CC(C)OC(=O)[C@H](C)CP(=O)(OC[C@H]1O[C@@H](n2ccc(=O)[nH]c2=O)[C@](C)(N)[C@@H]1O)Oc1ccccc1. The number of hydrogen-bond donors (Lipinski definition) is 3. The van der Waals surface area contributed by atoms with Crippen molar-refractivity contribution >= 4 is 13.6 Å². The molecule has 0 aliphatic carbocycles. The molecule has 1 aromatic carbocycles. The van der Waals surface area contributed by atoms with Crippen molar-refractivity contribution in [3.05, 3.63) is 63.4 Å². The molecule has 1 saturated heterocycles. The number of aliphatic hydroxyl groups is 1. The van der Waals surface area contributed by atoms with Gasteiger partial charge in [0.1, 0.15) is 18.0 Å². The molecule has 4 N–H and O–H groups in total. The normalized spacial score (nSPS) is 26.4. The number of aliphatic hydroxyl groups excluding tert-OH is 1. The minimum absolute atomic E-state index is 0.263. The maximum Gasteiger partial charge on any atom is 0.380 e. The second-order valence-electron chi connectivity index (χ2n) is 9.24. The monoisotopic (exact) mass is 525 g/mol. The summed E-state index contributed by atoms with van der Waals surface area (Å²) in [5, 5.41) is 10.8. The Morgan fingerprint density at radius 1 is 1.25 bits per heavy atom. The highest BCUT2D eigenvalue weighted by molar-refractivity contribution is 7.54. The van der Waals surface area contributed by atoms with E-state index in [-0.39, 0.29) is 18.0 Å². The van der Waals surface area contributed by atoms with Gasteiger partial charge in [0.2, 0.25) is 0 Å². The molecule has 36 heavy (non-hydrogen) atoms. The first-order valence-corrected chi connectivity index (χ1v) is 13.2. The fraction of sp³-hybridized carbons (Fsp3) is 0.522. The molecule has 13 heteroatoms. The first-order chi connectivity index (χ1) is 16.8. The van der Waals surface area contributed by atoms with Crippen LogP contribution in [-0.4, -0.2) is 57.2 Å². The third-order valence-corrected chi connectivity index (χ3v) is 7.63. The van der Waals surface area contributed by atoms with E-state index in [0.717, 1.165) is 10.6 Å². The van der Waals surface area contributed by atoms with Gasteiger partial charge in [-0.1, -0.05) is 25.1 Å². The van der Waals surface area contributed by atoms with E-state index >= 15 is 0 Å². The fourth-order valence-electron chi connectivity index (χ4n) is 3.74. The Balaban J connectivity index is 1.80. The van der Waals surface area contributed by atoms with Crippen LogP contribution in [0, 0.1) is 5.92 Å². The number of H-pyrrole nitrogens is 1. The predicted molar refractivity (Wildman–Crippen MR) is 130 cm³/mol. The first-order valence-electron chi connectivity index (χ1n) is 11.4. The molecule has 1 unspecified atom stereocenters. The molecule has 2 heterocycles. The molecule has 0 saturated carbocycles. The molecular formula is C23H32N3O9P. The summed E-state index contributed by atoms with van der Waals surface area (Å²) in [6.07, 6.45) is -3.03. The largest absolute Gasteiger partial charge is 0.463 e. The highest BCUT2D eigenvalue weighted by Gasteiger charge is 2.52. The lowest BCUT2D eigenvalue weighted by atomic mass is 9.93. The summed E-state index contributed by atoms with van der Waals surface area (Å²) in [5.41, 5.74) is 3.45. The van der Waals surface area contributed by atoms with Crippen molar-refractivity contribution < 1.29 is 33.0 Å². The molecule has 1 aliphatic heterocycles. The summed E-state index contributed by atoms with van der Waals surface area (Å²) in [6.45, 7) is 6.01. The summed E-state index contributed by atoms with van der Waals surface area (Å²) < 4.78 is 37.2.